The summed E-state index contributed by atoms with van der Waals surface area (Å²) in [5.74, 6) is -1.34. The van der Waals surface area contributed by atoms with Gasteiger partial charge in [-0.05, 0) is 51.3 Å². The van der Waals surface area contributed by atoms with Crippen molar-refractivity contribution in [3.63, 3.8) is 0 Å². The average Bonchev–Trinajstić information content (AvgIpc) is 2.85. The van der Waals surface area contributed by atoms with Crippen molar-refractivity contribution in [3.8, 4) is 0 Å². The van der Waals surface area contributed by atoms with Crippen LogP contribution in [-0.4, -0.2) is 51.7 Å². The van der Waals surface area contributed by atoms with E-state index in [9.17, 15) is 18.4 Å². The molecule has 0 atom stereocenters. The van der Waals surface area contributed by atoms with E-state index in [-0.39, 0.29) is 29.7 Å². The fourth-order valence-electron chi connectivity index (χ4n) is 5.04. The summed E-state index contributed by atoms with van der Waals surface area (Å²) in [4.78, 5) is 38.4. The number of benzene rings is 2. The lowest BCUT2D eigenvalue weighted by Crippen LogP contribution is -2.39. The van der Waals surface area contributed by atoms with E-state index in [1.165, 1.54) is 6.07 Å². The van der Waals surface area contributed by atoms with Crippen LogP contribution in [0, 0.1) is 32.4 Å². The maximum atomic E-state index is 14.0. The van der Waals surface area contributed by atoms with Gasteiger partial charge in [0.2, 0.25) is 5.91 Å². The molecule has 0 saturated carbocycles. The van der Waals surface area contributed by atoms with Gasteiger partial charge in [-0.15, -0.1) is 0 Å². The Morgan fingerprint density at radius 3 is 2.27 bits per heavy atom. The Kier molecular flexibility index (Phi) is 7.95. The van der Waals surface area contributed by atoms with Crippen molar-refractivity contribution >= 4 is 11.8 Å². The molecule has 0 spiro atoms. The molecule has 1 saturated heterocycles. The minimum Gasteiger partial charge on any atom is -0.342 e. The van der Waals surface area contributed by atoms with Crippen molar-refractivity contribution < 1.29 is 18.4 Å². The number of amides is 2. The second kappa shape index (κ2) is 11.2. The number of nitrogens with zero attached hydrogens (tertiary/aromatic N) is 4. The number of likely N-dealkylation sites (tertiary alicyclic amines) is 1. The van der Waals surface area contributed by atoms with Gasteiger partial charge >= 0.3 is 0 Å². The fraction of sp³-hybridized carbons (Fsp3) is 0.379. The van der Waals surface area contributed by atoms with Crippen LogP contribution in [-0.2, 0) is 17.8 Å². The predicted molar refractivity (Wildman–Crippen MR) is 137 cm³/mol. The number of piperidine rings is 1. The van der Waals surface area contributed by atoms with Crippen LogP contribution in [0.2, 0.25) is 0 Å². The molecule has 6 nitrogen and oxygen atoms in total. The highest BCUT2D eigenvalue weighted by Gasteiger charge is 2.30. The van der Waals surface area contributed by atoms with Gasteiger partial charge in [-0.3, -0.25) is 9.59 Å². The third kappa shape index (κ3) is 6.18. The van der Waals surface area contributed by atoms with Crippen LogP contribution >= 0.6 is 0 Å². The molecule has 0 unspecified atom stereocenters. The van der Waals surface area contributed by atoms with Crippen LogP contribution < -0.4 is 0 Å². The first-order valence-electron chi connectivity index (χ1n) is 12.5. The highest BCUT2D eigenvalue weighted by atomic mass is 19.1. The molecule has 0 aliphatic carbocycles. The van der Waals surface area contributed by atoms with Crippen molar-refractivity contribution in [2.24, 2.45) is 0 Å². The topological polar surface area (TPSA) is 66.4 Å². The SMILES string of the molecule is Cc1cc(C)cc(CN(C)C(=O)c2cnc(C)nc2C2CCN(C(=O)Cc3c(F)cccc3F)CC2)c1. The summed E-state index contributed by atoms with van der Waals surface area (Å²) in [5.41, 5.74) is 4.30. The van der Waals surface area contributed by atoms with Gasteiger partial charge in [-0.2, -0.15) is 0 Å². The number of hydrogen-bond donors (Lipinski definition) is 0. The van der Waals surface area contributed by atoms with Crippen molar-refractivity contribution in [1.82, 2.24) is 19.8 Å². The zero-order valence-corrected chi connectivity index (χ0v) is 21.7. The van der Waals surface area contributed by atoms with Gasteiger partial charge < -0.3 is 9.80 Å². The van der Waals surface area contributed by atoms with E-state index >= 15 is 0 Å². The largest absolute Gasteiger partial charge is 0.342 e. The van der Waals surface area contributed by atoms with Gasteiger partial charge in [0, 0.05) is 44.4 Å². The molecule has 0 N–H and O–H groups in total. The summed E-state index contributed by atoms with van der Waals surface area (Å²) in [7, 11) is 1.77. The normalized spacial score (nSPS) is 14.1. The molecule has 4 rings (SSSR count). The molecule has 1 aliphatic rings. The maximum absolute atomic E-state index is 14.0. The van der Waals surface area contributed by atoms with Crippen molar-refractivity contribution in [3.05, 3.63) is 93.6 Å². The molecule has 1 aliphatic heterocycles. The van der Waals surface area contributed by atoms with Crippen LogP contribution in [0.3, 0.4) is 0 Å². The third-order valence-electron chi connectivity index (χ3n) is 6.84. The standard InChI is InChI=1S/C29H32F2N4O2/c1-18-12-19(2)14-21(13-18)17-34(4)29(37)24-16-32-20(3)33-28(24)22-8-10-35(11-9-22)27(36)15-23-25(30)6-5-7-26(23)31/h5-7,12-14,16,22H,8-11,15,17H2,1-4H3. The summed E-state index contributed by atoms with van der Waals surface area (Å²) in [6.07, 6.45) is 2.48. The molecule has 0 bridgehead atoms. The number of carbonyl (C=O) groups is 2. The van der Waals surface area contributed by atoms with E-state index in [4.69, 9.17) is 0 Å². The van der Waals surface area contributed by atoms with Gasteiger partial charge in [0.25, 0.3) is 5.91 Å². The minimum atomic E-state index is -0.715. The molecule has 2 amide bonds. The van der Waals surface area contributed by atoms with E-state index in [1.807, 2.05) is 13.8 Å². The highest BCUT2D eigenvalue weighted by molar-refractivity contribution is 5.95. The molecule has 2 aromatic carbocycles. The van der Waals surface area contributed by atoms with E-state index in [0.717, 1.165) is 28.8 Å². The van der Waals surface area contributed by atoms with E-state index in [2.05, 4.69) is 28.2 Å². The quantitative estimate of drug-likeness (QED) is 0.477. The third-order valence-corrected chi connectivity index (χ3v) is 6.84. The first kappa shape index (κ1) is 26.4. The predicted octanol–water partition coefficient (Wildman–Crippen LogP) is 4.90. The van der Waals surface area contributed by atoms with Gasteiger partial charge in [-0.25, -0.2) is 18.7 Å². The molecule has 3 aromatic rings. The Balaban J connectivity index is 1.45. The van der Waals surface area contributed by atoms with Gasteiger partial charge in [-0.1, -0.05) is 35.4 Å². The Labute approximate surface area is 216 Å². The van der Waals surface area contributed by atoms with Crippen molar-refractivity contribution in [1.29, 1.82) is 0 Å². The number of aryl methyl sites for hydroxylation is 3. The average molecular weight is 507 g/mol. The lowest BCUT2D eigenvalue weighted by Gasteiger charge is -2.33. The van der Waals surface area contributed by atoms with Gasteiger partial charge in [0.15, 0.2) is 0 Å². The highest BCUT2D eigenvalue weighted by Crippen LogP contribution is 2.30. The van der Waals surface area contributed by atoms with E-state index in [1.54, 1.807) is 30.0 Å². The maximum Gasteiger partial charge on any atom is 0.257 e. The molecule has 37 heavy (non-hydrogen) atoms. The number of halogens is 2. The molecule has 0 radical (unpaired) electrons. The molecular weight excluding hydrogens is 474 g/mol. The second-order valence-corrected chi connectivity index (χ2v) is 9.91. The number of carbonyl (C=O) groups excluding carboxylic acids is 2. The Hall–Kier alpha value is -3.68. The van der Waals surface area contributed by atoms with Crippen molar-refractivity contribution in [2.45, 2.75) is 52.5 Å². The first-order valence-corrected chi connectivity index (χ1v) is 12.5. The summed E-state index contributed by atoms with van der Waals surface area (Å²) in [6.45, 7) is 7.18. The number of hydrogen-bond acceptors (Lipinski definition) is 4. The Morgan fingerprint density at radius 1 is 1.03 bits per heavy atom. The first-order chi connectivity index (χ1) is 17.6. The summed E-state index contributed by atoms with van der Waals surface area (Å²) in [5, 5.41) is 0. The summed E-state index contributed by atoms with van der Waals surface area (Å²) < 4.78 is 28.0. The number of rotatable bonds is 6. The number of aromatic nitrogens is 2. The fourth-order valence-corrected chi connectivity index (χ4v) is 5.04. The summed E-state index contributed by atoms with van der Waals surface area (Å²) >= 11 is 0. The smallest absolute Gasteiger partial charge is 0.257 e. The van der Waals surface area contributed by atoms with Crippen LogP contribution in [0.4, 0.5) is 8.78 Å². The van der Waals surface area contributed by atoms with E-state index in [0.29, 0.717) is 49.6 Å². The molecular formula is C29H32F2N4O2. The van der Waals surface area contributed by atoms with Crippen LogP contribution in [0.1, 0.15) is 62.9 Å². The van der Waals surface area contributed by atoms with E-state index < -0.39 is 11.6 Å². The Bertz CT molecular complexity index is 1280. The van der Waals surface area contributed by atoms with Crippen LogP contribution in [0.15, 0.2) is 42.6 Å². The zero-order chi connectivity index (χ0) is 26.7. The second-order valence-electron chi connectivity index (χ2n) is 9.91. The molecule has 1 aromatic heterocycles. The Morgan fingerprint density at radius 2 is 1.65 bits per heavy atom. The van der Waals surface area contributed by atoms with Crippen LogP contribution in [0.25, 0.3) is 0 Å². The molecule has 2 heterocycles. The monoisotopic (exact) mass is 506 g/mol. The molecule has 1 fully saturated rings. The zero-order valence-electron chi connectivity index (χ0n) is 21.7. The molecule has 194 valence electrons. The van der Waals surface area contributed by atoms with Crippen molar-refractivity contribution in [2.75, 3.05) is 20.1 Å². The summed E-state index contributed by atoms with van der Waals surface area (Å²) in [6, 6.07) is 9.84. The lowest BCUT2D eigenvalue weighted by molar-refractivity contribution is -0.131. The van der Waals surface area contributed by atoms with Crippen LogP contribution in [0.5, 0.6) is 0 Å². The lowest BCUT2D eigenvalue weighted by atomic mass is 9.90. The van der Waals surface area contributed by atoms with Gasteiger partial charge in [0.1, 0.15) is 17.5 Å². The minimum absolute atomic E-state index is 0.0236. The van der Waals surface area contributed by atoms with Gasteiger partial charge in [0.05, 0.1) is 17.7 Å². The molecule has 8 heteroatoms.